The number of likely N-dealkylation sites (tertiary alicyclic amines) is 1. The Labute approximate surface area is 240 Å². The number of carbonyl (C=O) groups excluding carboxylic acids is 1. The summed E-state index contributed by atoms with van der Waals surface area (Å²) in [6.07, 6.45) is 2.60. The van der Waals surface area contributed by atoms with Crippen molar-refractivity contribution in [1.82, 2.24) is 9.97 Å². The van der Waals surface area contributed by atoms with Crippen LogP contribution >= 0.6 is 34.8 Å². The van der Waals surface area contributed by atoms with Gasteiger partial charge in [0.25, 0.3) is 5.91 Å². The third-order valence-electron chi connectivity index (χ3n) is 6.96. The number of halogens is 4. The minimum absolute atomic E-state index is 0.0721. The van der Waals surface area contributed by atoms with Gasteiger partial charge in [-0.1, -0.05) is 71.2 Å². The summed E-state index contributed by atoms with van der Waals surface area (Å²) in [4.78, 5) is 21.2. The second-order valence-electron chi connectivity index (χ2n) is 9.66. The summed E-state index contributed by atoms with van der Waals surface area (Å²) in [5.74, 6) is -0.729. The van der Waals surface area contributed by atoms with Gasteiger partial charge in [-0.15, -0.1) is 0 Å². The molecule has 3 heterocycles. The molecule has 0 bridgehead atoms. The Morgan fingerprint density at radius 3 is 2.26 bits per heavy atom. The van der Waals surface area contributed by atoms with Crippen molar-refractivity contribution in [2.24, 2.45) is 0 Å². The number of quaternary nitrogens is 1. The first kappa shape index (κ1) is 27.5. The molecule has 1 fully saturated rings. The fourth-order valence-electron chi connectivity index (χ4n) is 4.88. The normalized spacial score (nSPS) is 19.1. The predicted molar refractivity (Wildman–Crippen MR) is 152 cm³/mol. The van der Waals surface area contributed by atoms with Gasteiger partial charge in [0.05, 0.1) is 29.5 Å². The van der Waals surface area contributed by atoms with Crippen LogP contribution in [-0.2, 0) is 6.54 Å². The van der Waals surface area contributed by atoms with Crippen LogP contribution in [0.25, 0.3) is 11.1 Å². The highest BCUT2D eigenvalue weighted by molar-refractivity contribution is 6.41. The monoisotopic (exact) mass is 584 g/mol. The summed E-state index contributed by atoms with van der Waals surface area (Å²) in [5, 5.41) is 17.0. The van der Waals surface area contributed by atoms with E-state index in [4.69, 9.17) is 34.8 Å². The maximum atomic E-state index is 13.6. The quantitative estimate of drug-likeness (QED) is 0.142. The molecule has 1 saturated heterocycles. The third-order valence-corrected chi connectivity index (χ3v) is 7.84. The van der Waals surface area contributed by atoms with Crippen LogP contribution in [0.2, 0.25) is 15.3 Å². The molecule has 0 unspecified atom stereocenters. The number of aromatic nitrogens is 2. The smallest absolute Gasteiger partial charge is 0.255 e. The van der Waals surface area contributed by atoms with Gasteiger partial charge in [-0.2, -0.15) is 0 Å². The molecule has 1 amide bonds. The number of hydrogen-bond acceptors (Lipinski definition) is 4. The topological polar surface area (TPSA) is 77.9 Å². The van der Waals surface area contributed by atoms with E-state index in [1.807, 2.05) is 24.3 Å². The zero-order valence-corrected chi connectivity index (χ0v) is 23.0. The molecule has 0 aliphatic carbocycles. The molecule has 2 aromatic carbocycles. The molecule has 2 aromatic heterocycles. The SMILES string of the molecule is O=C(Nc1cc(Cl)c(Cl)nc1C1CC[N+]([O-])(Cc2ccc(-c3ccc(F)cc3)cc2)CC1)c1ccnc(Cl)c1. The Bertz CT molecular complexity index is 1490. The third kappa shape index (κ3) is 6.57. The van der Waals surface area contributed by atoms with Gasteiger partial charge < -0.3 is 15.2 Å². The van der Waals surface area contributed by atoms with Crippen LogP contribution in [0, 0.1) is 11.0 Å². The molecule has 5 rings (SSSR count). The Balaban J connectivity index is 1.27. The van der Waals surface area contributed by atoms with Crippen molar-refractivity contribution in [3.8, 4) is 11.1 Å². The maximum absolute atomic E-state index is 13.6. The molecule has 1 aliphatic heterocycles. The Morgan fingerprint density at radius 2 is 1.62 bits per heavy atom. The molecule has 0 atom stereocenters. The van der Waals surface area contributed by atoms with Crippen molar-refractivity contribution < 1.29 is 13.8 Å². The van der Waals surface area contributed by atoms with Crippen LogP contribution in [0.15, 0.2) is 72.9 Å². The molecule has 10 heteroatoms. The summed E-state index contributed by atoms with van der Waals surface area (Å²) < 4.78 is 12.9. The lowest BCUT2D eigenvalue weighted by molar-refractivity contribution is -0.899. The van der Waals surface area contributed by atoms with Crippen LogP contribution in [0.4, 0.5) is 10.1 Å². The van der Waals surface area contributed by atoms with Gasteiger partial charge >= 0.3 is 0 Å². The Kier molecular flexibility index (Phi) is 8.16. The summed E-state index contributed by atoms with van der Waals surface area (Å²) in [6.45, 7) is 1.12. The second kappa shape index (κ2) is 11.6. The molecular weight excluding hydrogens is 562 g/mol. The van der Waals surface area contributed by atoms with E-state index in [-0.39, 0.29) is 37.6 Å². The number of amides is 1. The molecule has 0 spiro atoms. The zero-order chi connectivity index (χ0) is 27.6. The van der Waals surface area contributed by atoms with Gasteiger partial charge in [-0.3, -0.25) is 4.79 Å². The first-order chi connectivity index (χ1) is 18.7. The average Bonchev–Trinajstić information content (AvgIpc) is 2.92. The van der Waals surface area contributed by atoms with Gasteiger partial charge in [0, 0.05) is 36.1 Å². The molecule has 4 aromatic rings. The number of nitrogens with one attached hydrogen (secondary N) is 1. The molecular formula is C29H24Cl3FN4O2. The molecule has 200 valence electrons. The van der Waals surface area contributed by atoms with Crippen molar-refractivity contribution in [3.05, 3.63) is 116 Å². The summed E-state index contributed by atoms with van der Waals surface area (Å²) in [6, 6.07) is 18.7. The number of nitrogens with zero attached hydrogens (tertiary/aromatic N) is 3. The molecule has 39 heavy (non-hydrogen) atoms. The van der Waals surface area contributed by atoms with Crippen molar-refractivity contribution >= 4 is 46.4 Å². The van der Waals surface area contributed by atoms with Crippen molar-refractivity contribution in [1.29, 1.82) is 0 Å². The summed E-state index contributed by atoms with van der Waals surface area (Å²) in [7, 11) is 0. The highest BCUT2D eigenvalue weighted by atomic mass is 35.5. The van der Waals surface area contributed by atoms with E-state index in [0.29, 0.717) is 49.4 Å². The van der Waals surface area contributed by atoms with Crippen LogP contribution in [0.5, 0.6) is 0 Å². The van der Waals surface area contributed by atoms with Gasteiger partial charge in [-0.05, 0) is 41.5 Å². The second-order valence-corrected chi connectivity index (χ2v) is 10.8. The number of rotatable bonds is 6. The van der Waals surface area contributed by atoms with Gasteiger partial charge in [0.15, 0.2) is 0 Å². The zero-order valence-electron chi connectivity index (χ0n) is 20.7. The van der Waals surface area contributed by atoms with Crippen molar-refractivity contribution in [2.75, 3.05) is 18.4 Å². The lowest BCUT2D eigenvalue weighted by Crippen LogP contribution is -2.47. The number of carbonyl (C=O) groups is 1. The number of benzene rings is 2. The van der Waals surface area contributed by atoms with E-state index in [1.165, 1.54) is 24.4 Å². The number of pyridine rings is 2. The van der Waals surface area contributed by atoms with Crippen LogP contribution in [-0.4, -0.2) is 33.6 Å². The van der Waals surface area contributed by atoms with E-state index < -0.39 is 0 Å². The van der Waals surface area contributed by atoms with Crippen LogP contribution in [0.3, 0.4) is 0 Å². The molecule has 0 saturated carbocycles. The fraction of sp³-hybridized carbons (Fsp3) is 0.207. The largest absolute Gasteiger partial charge is 0.633 e. The van der Waals surface area contributed by atoms with Gasteiger partial charge in [-0.25, -0.2) is 14.4 Å². The van der Waals surface area contributed by atoms with Crippen molar-refractivity contribution in [2.45, 2.75) is 25.3 Å². The highest BCUT2D eigenvalue weighted by Crippen LogP contribution is 2.38. The Hall–Kier alpha value is -3.07. The average molecular weight is 586 g/mol. The fourth-order valence-corrected chi connectivity index (χ4v) is 5.35. The number of anilines is 1. The highest BCUT2D eigenvalue weighted by Gasteiger charge is 2.31. The van der Waals surface area contributed by atoms with Crippen LogP contribution in [0.1, 0.15) is 40.4 Å². The number of hydroxylamine groups is 3. The van der Waals surface area contributed by atoms with E-state index in [9.17, 15) is 14.4 Å². The van der Waals surface area contributed by atoms with Gasteiger partial charge in [0.1, 0.15) is 22.7 Å². The van der Waals surface area contributed by atoms with E-state index >= 15 is 0 Å². The van der Waals surface area contributed by atoms with E-state index in [2.05, 4.69) is 15.3 Å². The molecule has 1 N–H and O–H groups in total. The molecule has 6 nitrogen and oxygen atoms in total. The Morgan fingerprint density at radius 1 is 0.974 bits per heavy atom. The number of hydrogen-bond donors (Lipinski definition) is 1. The lowest BCUT2D eigenvalue weighted by Gasteiger charge is -2.47. The van der Waals surface area contributed by atoms with Crippen molar-refractivity contribution in [3.63, 3.8) is 0 Å². The standard InChI is InChI=1S/C29H24Cl3FN4O2/c30-24-16-25(35-29(38)22-9-12-34-26(31)15-22)27(36-28(24)32)21-10-13-37(39,14-11-21)17-18-1-3-19(4-2-18)20-5-7-23(33)8-6-20/h1-9,12,15-16,21H,10-11,13-14,17H2,(H,35,38). The lowest BCUT2D eigenvalue weighted by atomic mass is 9.91. The minimum Gasteiger partial charge on any atom is -0.633 e. The summed E-state index contributed by atoms with van der Waals surface area (Å²) >= 11 is 18.4. The van der Waals surface area contributed by atoms with Gasteiger partial charge in [0.2, 0.25) is 0 Å². The summed E-state index contributed by atoms with van der Waals surface area (Å²) in [5.41, 5.74) is 4.22. The molecule has 1 aliphatic rings. The first-order valence-corrected chi connectivity index (χ1v) is 13.5. The maximum Gasteiger partial charge on any atom is 0.255 e. The predicted octanol–water partition coefficient (Wildman–Crippen LogP) is 7.89. The number of piperidine rings is 1. The van der Waals surface area contributed by atoms with Crippen LogP contribution < -0.4 is 5.32 Å². The minimum atomic E-state index is -0.380. The molecule has 0 radical (unpaired) electrons. The first-order valence-electron chi connectivity index (χ1n) is 12.4. The van der Waals surface area contributed by atoms with E-state index in [1.54, 1.807) is 24.3 Å². The van der Waals surface area contributed by atoms with E-state index in [0.717, 1.165) is 16.7 Å².